The van der Waals surface area contributed by atoms with Gasteiger partial charge < -0.3 is 23.9 Å². The maximum atomic E-state index is 13.4. The summed E-state index contributed by atoms with van der Waals surface area (Å²) >= 11 is 5.96. The summed E-state index contributed by atoms with van der Waals surface area (Å²) in [4.78, 5) is 22.7. The van der Waals surface area contributed by atoms with Gasteiger partial charge in [0.25, 0.3) is 11.8 Å². The monoisotopic (exact) mass is 430 g/mol. The average Bonchev–Trinajstić information content (AvgIpc) is 3.42. The number of aromatic nitrogens is 3. The lowest BCUT2D eigenvalue weighted by Gasteiger charge is -2.37. The molecular formula is C21H23ClN4O4. The number of hydrogen-bond acceptors (Lipinski definition) is 6. The van der Waals surface area contributed by atoms with E-state index in [1.54, 1.807) is 37.6 Å². The maximum absolute atomic E-state index is 13.4. The van der Waals surface area contributed by atoms with E-state index in [9.17, 15) is 4.79 Å². The highest BCUT2D eigenvalue weighted by Gasteiger charge is 2.34. The third-order valence-corrected chi connectivity index (χ3v) is 5.68. The molecule has 1 N–H and O–H groups in total. The Morgan fingerprint density at radius 2 is 2.13 bits per heavy atom. The molecule has 1 amide bonds. The number of benzene rings is 1. The molecule has 9 heteroatoms. The van der Waals surface area contributed by atoms with Crippen LogP contribution in [0.2, 0.25) is 5.02 Å². The van der Waals surface area contributed by atoms with Crippen molar-refractivity contribution in [3.63, 3.8) is 0 Å². The second kappa shape index (κ2) is 8.39. The summed E-state index contributed by atoms with van der Waals surface area (Å²) in [5, 5.41) is 4.72. The van der Waals surface area contributed by atoms with E-state index in [4.69, 9.17) is 25.6 Å². The number of likely N-dealkylation sites (tertiary alicyclic amines) is 1. The summed E-state index contributed by atoms with van der Waals surface area (Å²) in [5.74, 6) is 1.79. The van der Waals surface area contributed by atoms with Crippen molar-refractivity contribution in [1.82, 2.24) is 20.0 Å². The molecule has 4 rings (SSSR count). The van der Waals surface area contributed by atoms with Crippen LogP contribution in [0.1, 0.15) is 41.9 Å². The Balaban J connectivity index is 1.57. The molecule has 0 spiro atoms. The fourth-order valence-electron chi connectivity index (χ4n) is 3.81. The number of para-hydroxylation sites is 1. The minimum atomic E-state index is -0.109. The number of piperidine rings is 1. The summed E-state index contributed by atoms with van der Waals surface area (Å²) in [6, 6.07) is 7.12. The van der Waals surface area contributed by atoms with Crippen LogP contribution in [0.15, 0.2) is 35.0 Å². The second-order valence-electron chi connectivity index (χ2n) is 7.31. The Morgan fingerprint density at radius 1 is 1.30 bits per heavy atom. The van der Waals surface area contributed by atoms with E-state index in [-0.39, 0.29) is 17.9 Å². The van der Waals surface area contributed by atoms with Gasteiger partial charge >= 0.3 is 0 Å². The number of rotatable bonds is 5. The smallest absolute Gasteiger partial charge is 0.274 e. The fraction of sp³-hybridized carbons (Fsp3) is 0.381. The number of carbonyl (C=O) groups is 1. The molecule has 0 bridgehead atoms. The number of hydrogen-bond donors (Lipinski definition) is 1. The standard InChI is InChI=1S/C21H23ClN4O4/c1-12-7-8-13(19-24-20(30-25-19)16-9-14(22)10-23-16)11-26(12)21(27)15-5-4-6-17(28-2)18(15)29-3/h4-6,9-10,12-13,23H,7-8,11H2,1-3H3/t12-,13+/m1/s1. The van der Waals surface area contributed by atoms with E-state index in [2.05, 4.69) is 15.1 Å². The van der Waals surface area contributed by atoms with Crippen LogP contribution in [-0.4, -0.2) is 52.7 Å². The molecule has 2 atom stereocenters. The van der Waals surface area contributed by atoms with Gasteiger partial charge in [0.05, 0.1) is 24.8 Å². The maximum Gasteiger partial charge on any atom is 0.274 e. The summed E-state index contributed by atoms with van der Waals surface area (Å²) in [7, 11) is 3.08. The quantitative estimate of drug-likeness (QED) is 0.653. The first-order valence-corrected chi connectivity index (χ1v) is 10.1. The number of methoxy groups -OCH3 is 2. The lowest BCUT2D eigenvalue weighted by atomic mass is 9.92. The molecule has 0 unspecified atom stereocenters. The minimum absolute atomic E-state index is 0.0234. The number of halogens is 1. The molecule has 0 saturated carbocycles. The average molecular weight is 431 g/mol. The number of nitrogens with one attached hydrogen (secondary N) is 1. The summed E-state index contributed by atoms with van der Waals surface area (Å²) in [5.41, 5.74) is 1.14. The van der Waals surface area contributed by atoms with Crippen molar-refractivity contribution >= 4 is 17.5 Å². The van der Waals surface area contributed by atoms with Crippen molar-refractivity contribution in [2.75, 3.05) is 20.8 Å². The second-order valence-corrected chi connectivity index (χ2v) is 7.75. The Hall–Kier alpha value is -3.00. The summed E-state index contributed by atoms with van der Waals surface area (Å²) < 4.78 is 16.2. The minimum Gasteiger partial charge on any atom is -0.493 e. The van der Waals surface area contributed by atoms with Gasteiger partial charge in [-0.1, -0.05) is 22.8 Å². The lowest BCUT2D eigenvalue weighted by molar-refractivity contribution is 0.0601. The van der Waals surface area contributed by atoms with Crippen molar-refractivity contribution in [2.45, 2.75) is 31.7 Å². The van der Waals surface area contributed by atoms with Gasteiger partial charge in [-0.3, -0.25) is 4.79 Å². The van der Waals surface area contributed by atoms with Crippen LogP contribution in [0.4, 0.5) is 0 Å². The van der Waals surface area contributed by atoms with Gasteiger partial charge in [-0.2, -0.15) is 4.98 Å². The molecule has 3 heterocycles. The van der Waals surface area contributed by atoms with E-state index < -0.39 is 0 Å². The van der Waals surface area contributed by atoms with Crippen molar-refractivity contribution in [3.8, 4) is 23.1 Å². The van der Waals surface area contributed by atoms with E-state index in [1.165, 1.54) is 7.11 Å². The van der Waals surface area contributed by atoms with Crippen molar-refractivity contribution in [3.05, 3.63) is 46.9 Å². The zero-order valence-corrected chi connectivity index (χ0v) is 17.8. The molecule has 1 aliphatic rings. The Morgan fingerprint density at radius 3 is 2.83 bits per heavy atom. The zero-order valence-electron chi connectivity index (χ0n) is 17.0. The van der Waals surface area contributed by atoms with Crippen molar-refractivity contribution < 1.29 is 18.8 Å². The predicted octanol–water partition coefficient (Wildman–Crippen LogP) is 4.14. The van der Waals surface area contributed by atoms with Crippen molar-refractivity contribution in [2.24, 2.45) is 0 Å². The molecule has 2 aromatic heterocycles. The van der Waals surface area contributed by atoms with E-state index in [1.807, 2.05) is 11.8 Å². The summed E-state index contributed by atoms with van der Waals surface area (Å²) in [6.07, 6.45) is 3.36. The summed E-state index contributed by atoms with van der Waals surface area (Å²) in [6.45, 7) is 2.54. The predicted molar refractivity (Wildman–Crippen MR) is 111 cm³/mol. The Labute approximate surface area is 179 Å². The topological polar surface area (TPSA) is 93.5 Å². The Bertz CT molecular complexity index is 1050. The first kappa shape index (κ1) is 20.3. The first-order valence-electron chi connectivity index (χ1n) is 9.71. The zero-order chi connectivity index (χ0) is 21.3. The SMILES string of the molecule is COc1cccc(C(=O)N2C[C@@H](c3noc(-c4cc(Cl)c[nH]4)n3)CC[C@H]2C)c1OC. The molecule has 0 radical (unpaired) electrons. The third kappa shape index (κ3) is 3.75. The largest absolute Gasteiger partial charge is 0.493 e. The van der Waals surface area contributed by atoms with E-state index in [0.29, 0.717) is 46.0 Å². The number of ether oxygens (including phenoxy) is 2. The molecule has 1 fully saturated rings. The molecule has 158 valence electrons. The Kier molecular flexibility index (Phi) is 5.67. The van der Waals surface area contributed by atoms with Gasteiger partial charge in [0.1, 0.15) is 5.69 Å². The first-order chi connectivity index (χ1) is 14.5. The fourth-order valence-corrected chi connectivity index (χ4v) is 3.98. The molecule has 1 saturated heterocycles. The van der Waals surface area contributed by atoms with Crippen LogP contribution >= 0.6 is 11.6 Å². The molecule has 8 nitrogen and oxygen atoms in total. The molecule has 30 heavy (non-hydrogen) atoms. The number of H-pyrrole nitrogens is 1. The van der Waals surface area contributed by atoms with Gasteiger partial charge in [0, 0.05) is 24.7 Å². The van der Waals surface area contributed by atoms with Crippen LogP contribution in [0.25, 0.3) is 11.6 Å². The molecule has 1 aromatic carbocycles. The highest BCUT2D eigenvalue weighted by molar-refractivity contribution is 6.30. The van der Waals surface area contributed by atoms with Gasteiger partial charge in [0.2, 0.25) is 0 Å². The molecule has 0 aliphatic carbocycles. The van der Waals surface area contributed by atoms with Crippen LogP contribution in [0, 0.1) is 0 Å². The van der Waals surface area contributed by atoms with Gasteiger partial charge in [0.15, 0.2) is 17.3 Å². The normalized spacial score (nSPS) is 19.0. The number of carbonyl (C=O) groups excluding carboxylic acids is 1. The number of amides is 1. The van der Waals surface area contributed by atoms with E-state index >= 15 is 0 Å². The van der Waals surface area contributed by atoms with Crippen molar-refractivity contribution in [1.29, 1.82) is 0 Å². The van der Waals surface area contributed by atoms with Crippen LogP contribution < -0.4 is 9.47 Å². The molecular weight excluding hydrogens is 408 g/mol. The molecule has 1 aliphatic heterocycles. The molecule has 3 aromatic rings. The van der Waals surface area contributed by atoms with Gasteiger partial charge in [-0.15, -0.1) is 0 Å². The highest BCUT2D eigenvalue weighted by Crippen LogP contribution is 2.35. The lowest BCUT2D eigenvalue weighted by Crippen LogP contribution is -2.45. The van der Waals surface area contributed by atoms with E-state index in [0.717, 1.165) is 12.8 Å². The van der Waals surface area contributed by atoms with Gasteiger partial charge in [-0.05, 0) is 38.0 Å². The number of nitrogens with zero attached hydrogens (tertiary/aromatic N) is 3. The third-order valence-electron chi connectivity index (χ3n) is 5.46. The number of aromatic amines is 1. The van der Waals surface area contributed by atoms with Crippen LogP contribution in [0.3, 0.4) is 0 Å². The van der Waals surface area contributed by atoms with Crippen LogP contribution in [0.5, 0.6) is 11.5 Å². The van der Waals surface area contributed by atoms with Gasteiger partial charge in [-0.25, -0.2) is 0 Å². The highest BCUT2D eigenvalue weighted by atomic mass is 35.5. The van der Waals surface area contributed by atoms with Crippen LogP contribution in [-0.2, 0) is 0 Å².